The summed E-state index contributed by atoms with van der Waals surface area (Å²) in [6, 6.07) is 6.71. The van der Waals surface area contributed by atoms with Crippen LogP contribution in [0.2, 0.25) is 0 Å². The summed E-state index contributed by atoms with van der Waals surface area (Å²) in [5.41, 5.74) is 6.41. The van der Waals surface area contributed by atoms with Crippen LogP contribution in [0, 0.1) is 6.92 Å². The zero-order chi connectivity index (χ0) is 13.9. The average Bonchev–Trinajstić information content (AvgIpc) is 2.82. The van der Waals surface area contributed by atoms with Crippen LogP contribution in [0.3, 0.4) is 0 Å². The number of benzene rings is 1. The van der Waals surface area contributed by atoms with Crippen LogP contribution in [0.4, 0.5) is 0 Å². The summed E-state index contributed by atoms with van der Waals surface area (Å²) in [4.78, 5) is 4.40. The zero-order valence-corrected chi connectivity index (χ0v) is 11.6. The Morgan fingerprint density at radius 1 is 1.26 bits per heavy atom. The van der Waals surface area contributed by atoms with E-state index in [0.717, 1.165) is 11.4 Å². The molecule has 0 aliphatic heterocycles. The van der Waals surface area contributed by atoms with E-state index in [0.29, 0.717) is 18.0 Å². The molecule has 0 atom stereocenters. The number of sulfone groups is 1. The second-order valence-corrected chi connectivity index (χ2v) is 6.44. The van der Waals surface area contributed by atoms with Gasteiger partial charge in [0.25, 0.3) is 0 Å². The molecular formula is C13H17N3O2S. The van der Waals surface area contributed by atoms with Gasteiger partial charge in [-0.2, -0.15) is 0 Å². The molecule has 0 amide bonds. The molecule has 1 aromatic heterocycles. The predicted molar refractivity (Wildman–Crippen MR) is 73.4 cm³/mol. The molecule has 102 valence electrons. The predicted octanol–water partition coefficient (Wildman–Crippen LogP) is 1.12. The Morgan fingerprint density at radius 2 is 1.95 bits per heavy atom. The van der Waals surface area contributed by atoms with E-state index in [9.17, 15) is 8.42 Å². The molecule has 0 saturated carbocycles. The number of nitrogens with two attached hydrogens (primary N) is 1. The lowest BCUT2D eigenvalue weighted by Crippen LogP contribution is -2.13. The number of aryl methyl sites for hydroxylation is 2. The van der Waals surface area contributed by atoms with Gasteiger partial charge in [-0.1, -0.05) is 12.1 Å². The first-order chi connectivity index (χ1) is 9.03. The van der Waals surface area contributed by atoms with Gasteiger partial charge in [0.05, 0.1) is 10.6 Å². The lowest BCUT2D eigenvalue weighted by Gasteiger charge is -2.07. The number of nitrogens with zero attached hydrogens (tertiary/aromatic N) is 2. The van der Waals surface area contributed by atoms with Crippen LogP contribution in [-0.4, -0.2) is 23.7 Å². The van der Waals surface area contributed by atoms with Crippen LogP contribution >= 0.6 is 0 Å². The Kier molecular flexibility index (Phi) is 4.01. The van der Waals surface area contributed by atoms with Gasteiger partial charge in [0.1, 0.15) is 5.82 Å². The lowest BCUT2D eigenvalue weighted by atomic mass is 10.2. The second kappa shape index (κ2) is 5.54. The summed E-state index contributed by atoms with van der Waals surface area (Å²) >= 11 is 0. The van der Waals surface area contributed by atoms with Crippen LogP contribution in [0.1, 0.15) is 11.4 Å². The van der Waals surface area contributed by atoms with Gasteiger partial charge < -0.3 is 10.3 Å². The van der Waals surface area contributed by atoms with E-state index < -0.39 is 9.84 Å². The maximum absolute atomic E-state index is 12.2. The van der Waals surface area contributed by atoms with E-state index in [1.54, 1.807) is 36.7 Å². The van der Waals surface area contributed by atoms with Crippen LogP contribution in [0.15, 0.2) is 41.6 Å². The molecule has 5 nitrogen and oxygen atoms in total. The Hall–Kier alpha value is -1.66. The Labute approximate surface area is 113 Å². The minimum absolute atomic E-state index is 0.0617. The third kappa shape index (κ3) is 3.21. The molecule has 0 bridgehead atoms. The van der Waals surface area contributed by atoms with Gasteiger partial charge in [0, 0.05) is 25.5 Å². The van der Waals surface area contributed by atoms with Crippen LogP contribution in [0.5, 0.6) is 0 Å². The fourth-order valence-electron chi connectivity index (χ4n) is 1.81. The molecule has 1 heterocycles. The summed E-state index contributed by atoms with van der Waals surface area (Å²) < 4.78 is 26.2. The molecule has 2 N–H and O–H groups in total. The SMILES string of the molecule is Cc1nccn1CCS(=O)(=O)c1ccc(CN)cc1. The highest BCUT2D eigenvalue weighted by Gasteiger charge is 2.14. The van der Waals surface area contributed by atoms with Gasteiger partial charge in [0.2, 0.25) is 0 Å². The molecule has 0 aliphatic rings. The Bertz CT molecular complexity index is 645. The van der Waals surface area contributed by atoms with Crippen molar-refractivity contribution < 1.29 is 8.42 Å². The number of rotatable bonds is 5. The van der Waals surface area contributed by atoms with E-state index in [2.05, 4.69) is 4.98 Å². The summed E-state index contributed by atoms with van der Waals surface area (Å²) in [5.74, 6) is 0.875. The molecule has 0 unspecified atom stereocenters. The van der Waals surface area contributed by atoms with E-state index >= 15 is 0 Å². The van der Waals surface area contributed by atoms with Gasteiger partial charge in [-0.05, 0) is 24.6 Å². The van der Waals surface area contributed by atoms with Gasteiger partial charge >= 0.3 is 0 Å². The first-order valence-electron chi connectivity index (χ1n) is 6.02. The minimum atomic E-state index is -3.27. The zero-order valence-electron chi connectivity index (χ0n) is 10.8. The lowest BCUT2D eigenvalue weighted by molar-refractivity contribution is 0.587. The molecule has 2 rings (SSSR count). The molecule has 0 fully saturated rings. The van der Waals surface area contributed by atoms with Crippen LogP contribution < -0.4 is 5.73 Å². The molecule has 1 aromatic carbocycles. The van der Waals surface area contributed by atoms with Gasteiger partial charge in [-0.25, -0.2) is 13.4 Å². The molecule has 0 spiro atoms. The fourth-order valence-corrected chi connectivity index (χ4v) is 3.03. The first kappa shape index (κ1) is 13.8. The quantitative estimate of drug-likeness (QED) is 0.889. The molecule has 0 radical (unpaired) electrons. The highest BCUT2D eigenvalue weighted by molar-refractivity contribution is 7.91. The van der Waals surface area contributed by atoms with Crippen LogP contribution in [0.25, 0.3) is 0 Å². The third-order valence-electron chi connectivity index (χ3n) is 3.04. The van der Waals surface area contributed by atoms with E-state index in [-0.39, 0.29) is 5.75 Å². The van der Waals surface area contributed by atoms with Gasteiger partial charge in [-0.15, -0.1) is 0 Å². The van der Waals surface area contributed by atoms with E-state index in [1.807, 2.05) is 11.5 Å². The number of hydrogen-bond acceptors (Lipinski definition) is 4. The van der Waals surface area contributed by atoms with E-state index in [1.165, 1.54) is 0 Å². The van der Waals surface area contributed by atoms with Crippen molar-refractivity contribution in [3.8, 4) is 0 Å². The average molecular weight is 279 g/mol. The van der Waals surface area contributed by atoms with Crippen molar-refractivity contribution in [2.45, 2.75) is 24.9 Å². The Balaban J connectivity index is 2.11. The monoisotopic (exact) mass is 279 g/mol. The van der Waals surface area contributed by atoms with Crippen molar-refractivity contribution in [3.05, 3.63) is 48.0 Å². The molecule has 2 aromatic rings. The summed E-state index contributed by atoms with van der Waals surface area (Å²) in [7, 11) is -3.27. The number of aromatic nitrogens is 2. The maximum Gasteiger partial charge on any atom is 0.180 e. The van der Waals surface area contributed by atoms with Crippen molar-refractivity contribution >= 4 is 9.84 Å². The third-order valence-corrected chi connectivity index (χ3v) is 4.75. The molecule has 0 aliphatic carbocycles. The van der Waals surface area contributed by atoms with Crippen LogP contribution in [-0.2, 0) is 22.9 Å². The summed E-state index contributed by atoms with van der Waals surface area (Å²) in [6.45, 7) is 2.67. The smallest absolute Gasteiger partial charge is 0.180 e. The standard InChI is InChI=1S/C13H17N3O2S/c1-11-15-6-7-16(11)8-9-19(17,18)13-4-2-12(10-14)3-5-13/h2-7H,8-10,14H2,1H3. The van der Waals surface area contributed by atoms with E-state index in [4.69, 9.17) is 5.73 Å². The maximum atomic E-state index is 12.2. The van der Waals surface area contributed by atoms with Crippen molar-refractivity contribution in [1.82, 2.24) is 9.55 Å². The second-order valence-electron chi connectivity index (χ2n) is 4.33. The topological polar surface area (TPSA) is 78.0 Å². The van der Waals surface area contributed by atoms with Crippen molar-refractivity contribution in [2.75, 3.05) is 5.75 Å². The molecule has 0 saturated heterocycles. The number of imidazole rings is 1. The summed E-state index contributed by atoms with van der Waals surface area (Å²) in [6.07, 6.45) is 3.44. The summed E-state index contributed by atoms with van der Waals surface area (Å²) in [5, 5.41) is 0. The molecule has 19 heavy (non-hydrogen) atoms. The minimum Gasteiger partial charge on any atom is -0.334 e. The highest BCUT2D eigenvalue weighted by atomic mass is 32.2. The Morgan fingerprint density at radius 3 is 2.47 bits per heavy atom. The largest absolute Gasteiger partial charge is 0.334 e. The molecule has 6 heteroatoms. The van der Waals surface area contributed by atoms with Crippen molar-refractivity contribution in [3.63, 3.8) is 0 Å². The van der Waals surface area contributed by atoms with Crippen molar-refractivity contribution in [1.29, 1.82) is 0 Å². The van der Waals surface area contributed by atoms with Gasteiger partial charge in [-0.3, -0.25) is 0 Å². The first-order valence-corrected chi connectivity index (χ1v) is 7.67. The van der Waals surface area contributed by atoms with Crippen molar-refractivity contribution in [2.24, 2.45) is 5.73 Å². The molecular weight excluding hydrogens is 262 g/mol. The fraction of sp³-hybridized carbons (Fsp3) is 0.308. The number of hydrogen-bond donors (Lipinski definition) is 1. The van der Waals surface area contributed by atoms with Gasteiger partial charge in [0.15, 0.2) is 9.84 Å². The highest BCUT2D eigenvalue weighted by Crippen LogP contribution is 2.13. The normalized spacial score (nSPS) is 11.7.